The molecule has 0 atom stereocenters. The van der Waals surface area contributed by atoms with E-state index in [1.807, 2.05) is 6.92 Å². The largest absolute Gasteiger partial charge is 0.484 e. The monoisotopic (exact) mass is 260 g/mol. The molecule has 19 heavy (non-hydrogen) atoms. The van der Waals surface area contributed by atoms with Crippen LogP contribution < -0.4 is 4.74 Å². The molecule has 0 spiro atoms. The summed E-state index contributed by atoms with van der Waals surface area (Å²) in [5, 5.41) is 12.2. The van der Waals surface area contributed by atoms with Gasteiger partial charge in [0, 0.05) is 12.1 Å². The first-order chi connectivity index (χ1) is 9.13. The van der Waals surface area contributed by atoms with Crippen molar-refractivity contribution in [3.05, 3.63) is 47.6 Å². The molecule has 98 valence electrons. The van der Waals surface area contributed by atoms with Gasteiger partial charge in [-0.1, -0.05) is 5.16 Å². The van der Waals surface area contributed by atoms with Crippen LogP contribution in [-0.2, 0) is 11.4 Å². The van der Waals surface area contributed by atoms with E-state index in [0.29, 0.717) is 17.2 Å². The summed E-state index contributed by atoms with van der Waals surface area (Å²) in [6.45, 7) is 2.10. The Hall–Kier alpha value is -2.63. The fraction of sp³-hybridized carbons (Fsp3) is 0.154. The minimum absolute atomic E-state index is 0.271. The predicted molar refractivity (Wildman–Crippen MR) is 66.5 cm³/mol. The number of carboxylic acid groups (broad SMARTS) is 1. The second-order valence-electron chi connectivity index (χ2n) is 3.81. The zero-order chi connectivity index (χ0) is 13.7. The van der Waals surface area contributed by atoms with Crippen molar-refractivity contribution in [3.8, 4) is 5.75 Å². The van der Waals surface area contributed by atoms with Gasteiger partial charge in [0.05, 0.1) is 17.6 Å². The Kier molecular flexibility index (Phi) is 3.92. The molecule has 0 amide bonds. The SMILES string of the molecule is Cc1cc(COc2ccc(C=CC(=O)O)nc2)on1. The number of carbonyl (C=O) groups is 1. The number of carboxylic acids is 1. The molecule has 0 bridgehead atoms. The summed E-state index contributed by atoms with van der Waals surface area (Å²) in [7, 11) is 0. The van der Waals surface area contributed by atoms with E-state index in [0.717, 1.165) is 11.8 Å². The number of rotatable bonds is 5. The molecule has 2 aromatic heterocycles. The number of hydrogen-bond acceptors (Lipinski definition) is 5. The summed E-state index contributed by atoms with van der Waals surface area (Å²) in [5.74, 6) is 0.191. The maximum atomic E-state index is 10.3. The third-order valence-corrected chi connectivity index (χ3v) is 2.21. The van der Waals surface area contributed by atoms with Crippen molar-refractivity contribution in [2.45, 2.75) is 13.5 Å². The van der Waals surface area contributed by atoms with Gasteiger partial charge in [-0.3, -0.25) is 4.98 Å². The standard InChI is InChI=1S/C13H12N2O4/c1-9-6-12(19-15-9)8-18-11-4-2-10(14-7-11)3-5-13(16)17/h2-7H,8H2,1H3,(H,16,17). The summed E-state index contributed by atoms with van der Waals surface area (Å²) >= 11 is 0. The molecule has 6 heteroatoms. The number of nitrogens with zero attached hydrogens (tertiary/aromatic N) is 2. The topological polar surface area (TPSA) is 85.5 Å². The molecule has 0 saturated heterocycles. The van der Waals surface area contributed by atoms with Crippen LogP contribution in [0.3, 0.4) is 0 Å². The van der Waals surface area contributed by atoms with Gasteiger partial charge in [-0.15, -0.1) is 0 Å². The number of aryl methyl sites for hydroxylation is 1. The fourth-order valence-corrected chi connectivity index (χ4v) is 1.37. The lowest BCUT2D eigenvalue weighted by Crippen LogP contribution is -1.94. The normalized spacial score (nSPS) is 10.8. The third kappa shape index (κ3) is 3.95. The second-order valence-corrected chi connectivity index (χ2v) is 3.81. The van der Waals surface area contributed by atoms with E-state index in [1.54, 1.807) is 18.2 Å². The van der Waals surface area contributed by atoms with Crippen molar-refractivity contribution in [2.24, 2.45) is 0 Å². The Labute approximate surface area is 109 Å². The average Bonchev–Trinajstić information content (AvgIpc) is 2.81. The number of pyridine rings is 1. The molecule has 0 aliphatic heterocycles. The maximum absolute atomic E-state index is 10.3. The fourth-order valence-electron chi connectivity index (χ4n) is 1.37. The summed E-state index contributed by atoms with van der Waals surface area (Å²) in [6, 6.07) is 5.16. The molecular weight excluding hydrogens is 248 g/mol. The molecule has 0 aromatic carbocycles. The second kappa shape index (κ2) is 5.81. The van der Waals surface area contributed by atoms with Gasteiger partial charge in [-0.2, -0.15) is 0 Å². The van der Waals surface area contributed by atoms with E-state index in [2.05, 4.69) is 10.1 Å². The van der Waals surface area contributed by atoms with Crippen LogP contribution in [0.25, 0.3) is 6.08 Å². The van der Waals surface area contributed by atoms with Crippen LogP contribution in [0.1, 0.15) is 17.1 Å². The molecule has 6 nitrogen and oxygen atoms in total. The van der Waals surface area contributed by atoms with E-state index in [4.69, 9.17) is 14.4 Å². The van der Waals surface area contributed by atoms with Gasteiger partial charge in [-0.05, 0) is 25.1 Å². The molecule has 0 saturated carbocycles. The lowest BCUT2D eigenvalue weighted by molar-refractivity contribution is -0.131. The van der Waals surface area contributed by atoms with Gasteiger partial charge in [0.1, 0.15) is 12.4 Å². The molecule has 1 N–H and O–H groups in total. The van der Waals surface area contributed by atoms with E-state index in [1.165, 1.54) is 12.3 Å². The number of hydrogen-bond donors (Lipinski definition) is 1. The molecule has 0 fully saturated rings. The van der Waals surface area contributed by atoms with Crippen LogP contribution in [0, 0.1) is 6.92 Å². The van der Waals surface area contributed by atoms with Crippen molar-refractivity contribution in [3.63, 3.8) is 0 Å². The Morgan fingerprint density at radius 2 is 2.37 bits per heavy atom. The highest BCUT2D eigenvalue weighted by atomic mass is 16.5. The van der Waals surface area contributed by atoms with E-state index < -0.39 is 5.97 Å². The Morgan fingerprint density at radius 3 is 2.95 bits per heavy atom. The third-order valence-electron chi connectivity index (χ3n) is 2.21. The minimum atomic E-state index is -1.01. The lowest BCUT2D eigenvalue weighted by Gasteiger charge is -2.02. The van der Waals surface area contributed by atoms with Gasteiger partial charge < -0.3 is 14.4 Å². The maximum Gasteiger partial charge on any atom is 0.328 e. The quantitative estimate of drug-likeness (QED) is 0.828. The minimum Gasteiger partial charge on any atom is -0.484 e. The van der Waals surface area contributed by atoms with E-state index in [-0.39, 0.29) is 6.61 Å². The predicted octanol–water partition coefficient (Wildman–Crippen LogP) is 2.05. The number of aromatic nitrogens is 2. The first-order valence-electron chi connectivity index (χ1n) is 5.55. The Morgan fingerprint density at radius 1 is 1.53 bits per heavy atom. The number of aliphatic carboxylic acids is 1. The first kappa shape index (κ1) is 12.8. The zero-order valence-corrected chi connectivity index (χ0v) is 10.2. The van der Waals surface area contributed by atoms with Crippen LogP contribution in [0.4, 0.5) is 0 Å². The van der Waals surface area contributed by atoms with Crippen molar-refractivity contribution < 1.29 is 19.2 Å². The summed E-state index contributed by atoms with van der Waals surface area (Å²) in [4.78, 5) is 14.4. The summed E-state index contributed by atoms with van der Waals surface area (Å²) < 4.78 is 10.5. The van der Waals surface area contributed by atoms with Crippen molar-refractivity contribution in [2.75, 3.05) is 0 Å². The molecule has 0 aliphatic rings. The molecule has 0 unspecified atom stereocenters. The highest BCUT2D eigenvalue weighted by Crippen LogP contribution is 2.13. The van der Waals surface area contributed by atoms with E-state index in [9.17, 15) is 4.79 Å². The van der Waals surface area contributed by atoms with Gasteiger partial charge in [0.15, 0.2) is 5.76 Å². The molecule has 2 aromatic rings. The van der Waals surface area contributed by atoms with Crippen molar-refractivity contribution in [1.82, 2.24) is 10.1 Å². The summed E-state index contributed by atoms with van der Waals surface area (Å²) in [5.41, 5.74) is 1.34. The Balaban J connectivity index is 1.93. The molecule has 0 radical (unpaired) electrons. The van der Waals surface area contributed by atoms with Gasteiger partial charge in [-0.25, -0.2) is 4.79 Å². The van der Waals surface area contributed by atoms with Crippen LogP contribution in [-0.4, -0.2) is 21.2 Å². The van der Waals surface area contributed by atoms with Crippen LogP contribution >= 0.6 is 0 Å². The number of ether oxygens (including phenoxy) is 1. The van der Waals surface area contributed by atoms with Crippen molar-refractivity contribution >= 4 is 12.0 Å². The highest BCUT2D eigenvalue weighted by Gasteiger charge is 2.02. The molecule has 0 aliphatic carbocycles. The van der Waals surface area contributed by atoms with Gasteiger partial charge in [0.2, 0.25) is 0 Å². The van der Waals surface area contributed by atoms with E-state index >= 15 is 0 Å². The first-order valence-corrected chi connectivity index (χ1v) is 5.55. The summed E-state index contributed by atoms with van der Waals surface area (Å²) in [6.07, 6.45) is 3.96. The van der Waals surface area contributed by atoms with Crippen LogP contribution in [0.2, 0.25) is 0 Å². The molecule has 2 rings (SSSR count). The average molecular weight is 260 g/mol. The molecule has 2 heterocycles. The van der Waals surface area contributed by atoms with Crippen molar-refractivity contribution in [1.29, 1.82) is 0 Å². The Bertz CT molecular complexity index is 587. The zero-order valence-electron chi connectivity index (χ0n) is 10.2. The van der Waals surface area contributed by atoms with Crippen LogP contribution in [0.15, 0.2) is 35.0 Å². The van der Waals surface area contributed by atoms with Gasteiger partial charge in [0.25, 0.3) is 0 Å². The highest BCUT2D eigenvalue weighted by molar-refractivity contribution is 5.84. The van der Waals surface area contributed by atoms with Gasteiger partial charge >= 0.3 is 5.97 Å². The van der Waals surface area contributed by atoms with Crippen LogP contribution in [0.5, 0.6) is 5.75 Å². The lowest BCUT2D eigenvalue weighted by atomic mass is 10.3. The smallest absolute Gasteiger partial charge is 0.328 e. The molecular formula is C13H12N2O4.